The molecular weight excluding hydrogens is 266 g/mol. The Bertz CT molecular complexity index is 585. The van der Waals surface area contributed by atoms with Crippen LogP contribution in [0.4, 0.5) is 0 Å². The van der Waals surface area contributed by atoms with Crippen molar-refractivity contribution in [3.05, 3.63) is 29.3 Å². The van der Waals surface area contributed by atoms with E-state index >= 15 is 0 Å². The smallest absolute Gasteiger partial charge is 0.308 e. The van der Waals surface area contributed by atoms with Gasteiger partial charge >= 0.3 is 5.97 Å². The minimum Gasteiger partial charge on any atom is -0.497 e. The molecule has 4 atom stereocenters. The molecule has 0 aromatic heterocycles. The van der Waals surface area contributed by atoms with Crippen molar-refractivity contribution in [2.24, 2.45) is 5.92 Å². The van der Waals surface area contributed by atoms with Crippen LogP contribution in [0.3, 0.4) is 0 Å². The predicted molar refractivity (Wildman–Crippen MR) is 78.4 cm³/mol. The van der Waals surface area contributed by atoms with E-state index in [1.165, 1.54) is 11.1 Å². The molecule has 2 bridgehead atoms. The number of methoxy groups -OCH3 is 1. The molecule has 0 amide bonds. The van der Waals surface area contributed by atoms with Crippen LogP contribution in [0, 0.1) is 5.92 Å². The second kappa shape index (κ2) is 4.73. The van der Waals surface area contributed by atoms with Crippen LogP contribution in [0.1, 0.15) is 42.9 Å². The minimum atomic E-state index is -0.615. The number of hydrogen-bond donors (Lipinski definition) is 1. The average molecular weight is 287 g/mol. The first kappa shape index (κ1) is 13.1. The molecule has 2 heterocycles. The zero-order chi connectivity index (χ0) is 14.6. The Labute approximate surface area is 124 Å². The molecule has 1 aliphatic carbocycles. The topological polar surface area (TPSA) is 49.8 Å². The van der Waals surface area contributed by atoms with Crippen LogP contribution in [0.15, 0.2) is 18.2 Å². The molecule has 4 rings (SSSR count). The summed E-state index contributed by atoms with van der Waals surface area (Å²) < 4.78 is 5.37. The van der Waals surface area contributed by atoms with Gasteiger partial charge in [-0.25, -0.2) is 0 Å². The van der Waals surface area contributed by atoms with Crippen molar-refractivity contribution in [2.45, 2.75) is 50.2 Å². The third-order valence-electron chi connectivity index (χ3n) is 5.67. The van der Waals surface area contributed by atoms with Gasteiger partial charge in [-0.2, -0.15) is 0 Å². The van der Waals surface area contributed by atoms with E-state index in [9.17, 15) is 9.90 Å². The van der Waals surface area contributed by atoms with Gasteiger partial charge in [0.15, 0.2) is 0 Å². The van der Waals surface area contributed by atoms with Crippen molar-refractivity contribution in [2.75, 3.05) is 7.11 Å². The molecule has 1 aromatic carbocycles. The van der Waals surface area contributed by atoms with Crippen molar-refractivity contribution >= 4 is 5.97 Å². The first-order chi connectivity index (χ1) is 10.2. The highest BCUT2D eigenvalue weighted by atomic mass is 16.5. The fourth-order valence-corrected chi connectivity index (χ4v) is 4.78. The quantitative estimate of drug-likeness (QED) is 0.928. The Morgan fingerprint density at radius 1 is 1.33 bits per heavy atom. The first-order valence-electron chi connectivity index (χ1n) is 7.86. The normalized spacial score (nSPS) is 34.1. The summed E-state index contributed by atoms with van der Waals surface area (Å²) in [5.74, 6) is 0.122. The number of rotatable bonds is 3. The van der Waals surface area contributed by atoms with E-state index in [2.05, 4.69) is 17.0 Å². The second-order valence-electron chi connectivity index (χ2n) is 6.55. The molecule has 2 aliphatic heterocycles. The van der Waals surface area contributed by atoms with E-state index in [1.54, 1.807) is 7.11 Å². The highest BCUT2D eigenvalue weighted by Gasteiger charge is 2.52. The molecule has 4 heteroatoms. The molecule has 21 heavy (non-hydrogen) atoms. The van der Waals surface area contributed by atoms with Crippen LogP contribution in [0.2, 0.25) is 0 Å². The van der Waals surface area contributed by atoms with E-state index in [4.69, 9.17) is 4.74 Å². The number of aryl methyl sites for hydroxylation is 1. The van der Waals surface area contributed by atoms with Crippen LogP contribution >= 0.6 is 0 Å². The van der Waals surface area contributed by atoms with E-state index in [-0.39, 0.29) is 12.0 Å². The monoisotopic (exact) mass is 287 g/mol. The van der Waals surface area contributed by atoms with E-state index in [0.29, 0.717) is 12.1 Å². The molecule has 0 spiro atoms. The van der Waals surface area contributed by atoms with Gasteiger partial charge in [0.2, 0.25) is 0 Å². The summed E-state index contributed by atoms with van der Waals surface area (Å²) in [5, 5.41) is 9.43. The van der Waals surface area contributed by atoms with Crippen molar-refractivity contribution in [3.63, 3.8) is 0 Å². The van der Waals surface area contributed by atoms with Gasteiger partial charge in [0.25, 0.3) is 0 Å². The van der Waals surface area contributed by atoms with Crippen molar-refractivity contribution < 1.29 is 14.6 Å². The molecule has 0 saturated carbocycles. The van der Waals surface area contributed by atoms with E-state index in [1.807, 2.05) is 6.07 Å². The summed E-state index contributed by atoms with van der Waals surface area (Å²) in [7, 11) is 1.70. The second-order valence-corrected chi connectivity index (χ2v) is 6.55. The van der Waals surface area contributed by atoms with Crippen molar-refractivity contribution in [3.8, 4) is 5.75 Å². The van der Waals surface area contributed by atoms with Gasteiger partial charge in [-0.05, 0) is 55.4 Å². The number of aliphatic carboxylic acids is 1. The third kappa shape index (κ3) is 1.89. The highest BCUT2D eigenvalue weighted by molar-refractivity contribution is 5.72. The molecule has 4 nitrogen and oxygen atoms in total. The lowest BCUT2D eigenvalue weighted by Crippen LogP contribution is -2.35. The van der Waals surface area contributed by atoms with Gasteiger partial charge < -0.3 is 9.84 Å². The summed E-state index contributed by atoms with van der Waals surface area (Å²) >= 11 is 0. The fraction of sp³-hybridized carbons (Fsp3) is 0.588. The Kier molecular flexibility index (Phi) is 2.96. The number of ether oxygens (including phenoxy) is 1. The number of carbonyl (C=O) groups is 1. The summed E-state index contributed by atoms with van der Waals surface area (Å²) in [6.45, 7) is 0. The molecule has 112 valence electrons. The number of hydrogen-bond acceptors (Lipinski definition) is 3. The van der Waals surface area contributed by atoms with Crippen molar-refractivity contribution in [1.29, 1.82) is 0 Å². The van der Waals surface area contributed by atoms with Gasteiger partial charge in [0, 0.05) is 18.1 Å². The zero-order valence-electron chi connectivity index (χ0n) is 12.3. The number of carboxylic acids is 1. The van der Waals surface area contributed by atoms with Crippen molar-refractivity contribution in [1.82, 2.24) is 4.90 Å². The Morgan fingerprint density at radius 2 is 2.19 bits per heavy atom. The molecule has 4 unspecified atom stereocenters. The molecular formula is C17H21NO3. The van der Waals surface area contributed by atoms with Gasteiger partial charge in [-0.1, -0.05) is 6.07 Å². The Balaban J connectivity index is 1.66. The van der Waals surface area contributed by atoms with Gasteiger partial charge in [0.05, 0.1) is 13.0 Å². The maximum absolute atomic E-state index is 11.5. The standard InChI is InChI=1S/C17H21NO3/c1-21-12-5-2-10-3-6-15(13(10)9-12)18-11-4-7-16(18)14(8-11)17(19)20/h2,5,9,11,14-16H,3-4,6-8H2,1H3,(H,19,20). The fourth-order valence-electron chi connectivity index (χ4n) is 4.78. The lowest BCUT2D eigenvalue weighted by Gasteiger charge is -2.30. The number of benzene rings is 1. The van der Waals surface area contributed by atoms with Crippen LogP contribution < -0.4 is 4.74 Å². The minimum absolute atomic E-state index is 0.168. The molecule has 2 saturated heterocycles. The Morgan fingerprint density at radius 3 is 2.90 bits per heavy atom. The van der Waals surface area contributed by atoms with Crippen LogP contribution in [-0.2, 0) is 11.2 Å². The number of nitrogens with zero attached hydrogens (tertiary/aromatic N) is 1. The summed E-state index contributed by atoms with van der Waals surface area (Å²) in [5.41, 5.74) is 2.76. The zero-order valence-corrected chi connectivity index (χ0v) is 12.3. The number of carboxylic acid groups (broad SMARTS) is 1. The summed E-state index contributed by atoms with van der Waals surface area (Å²) in [6.07, 6.45) is 5.23. The lowest BCUT2D eigenvalue weighted by atomic mass is 9.89. The predicted octanol–water partition coefficient (Wildman–Crippen LogP) is 2.62. The van der Waals surface area contributed by atoms with Gasteiger partial charge in [-0.15, -0.1) is 0 Å². The largest absolute Gasteiger partial charge is 0.497 e. The molecule has 1 N–H and O–H groups in total. The Hall–Kier alpha value is -1.55. The van der Waals surface area contributed by atoms with Crippen LogP contribution in [0.5, 0.6) is 5.75 Å². The van der Waals surface area contributed by atoms with Crippen LogP contribution in [0.25, 0.3) is 0 Å². The summed E-state index contributed by atoms with van der Waals surface area (Å²) in [4.78, 5) is 14.0. The summed E-state index contributed by atoms with van der Waals surface area (Å²) in [6, 6.07) is 7.42. The maximum atomic E-state index is 11.5. The number of fused-ring (bicyclic) bond motifs is 3. The van der Waals surface area contributed by atoms with Gasteiger partial charge in [0.1, 0.15) is 5.75 Å². The molecule has 3 aliphatic rings. The molecule has 0 radical (unpaired) electrons. The first-order valence-corrected chi connectivity index (χ1v) is 7.86. The average Bonchev–Trinajstić information content (AvgIpc) is 3.17. The SMILES string of the molecule is COc1ccc2c(c1)C(N1C3CCC1C(C(=O)O)C3)CC2. The maximum Gasteiger partial charge on any atom is 0.308 e. The highest BCUT2D eigenvalue weighted by Crippen LogP contribution is 2.50. The van der Waals surface area contributed by atoms with E-state index < -0.39 is 5.97 Å². The molecule has 2 fully saturated rings. The van der Waals surface area contributed by atoms with E-state index in [0.717, 1.165) is 37.9 Å². The lowest BCUT2D eigenvalue weighted by molar-refractivity contribution is -0.142. The van der Waals surface area contributed by atoms with Crippen LogP contribution in [-0.4, -0.2) is 35.2 Å². The van der Waals surface area contributed by atoms with Gasteiger partial charge in [-0.3, -0.25) is 9.69 Å². The third-order valence-corrected chi connectivity index (χ3v) is 5.67. The molecule has 1 aromatic rings.